The quantitative estimate of drug-likeness (QED) is 0.0898. The van der Waals surface area contributed by atoms with E-state index in [0.29, 0.717) is 50.0 Å². The number of benzene rings is 2. The number of unbranched alkanes of at least 4 members (excludes halogenated alkanes) is 1. The second kappa shape index (κ2) is 15.6. The van der Waals surface area contributed by atoms with Crippen LogP contribution >= 0.6 is 0 Å². The number of hydrogen-bond donors (Lipinski definition) is 0. The first-order chi connectivity index (χ1) is 22.4. The van der Waals surface area contributed by atoms with Gasteiger partial charge in [-0.2, -0.15) is 8.42 Å². The fraction of sp³-hybridized carbons (Fsp3) is 0.324. The van der Waals surface area contributed by atoms with Crippen molar-refractivity contribution in [3.8, 4) is 11.8 Å². The first kappa shape index (κ1) is 32.8. The largest absolute Gasteiger partial charge is 0.449 e. The van der Waals surface area contributed by atoms with Gasteiger partial charge in [-0.1, -0.05) is 49.1 Å². The number of rotatable bonds is 14. The first-order valence-corrected chi connectivity index (χ1v) is 16.5. The van der Waals surface area contributed by atoms with Crippen LogP contribution in [0.2, 0.25) is 0 Å². The molecule has 2 aromatic carbocycles. The molecule has 0 aliphatic carbocycles. The van der Waals surface area contributed by atoms with E-state index in [2.05, 4.69) is 16.8 Å². The lowest BCUT2D eigenvalue weighted by Gasteiger charge is -2.09. The van der Waals surface area contributed by atoms with Crippen LogP contribution in [-0.4, -0.2) is 73.3 Å². The first-order valence-electron chi connectivity index (χ1n) is 15.1. The fourth-order valence-corrected chi connectivity index (χ4v) is 5.48. The third-order valence-electron chi connectivity index (χ3n) is 7.03. The maximum atomic E-state index is 12.4. The van der Waals surface area contributed by atoms with Crippen molar-refractivity contribution in [3.63, 3.8) is 0 Å². The van der Waals surface area contributed by atoms with Crippen molar-refractivity contribution in [1.82, 2.24) is 19.1 Å². The molecule has 0 aliphatic heterocycles. The molecule has 0 amide bonds. The molecule has 0 saturated heterocycles. The van der Waals surface area contributed by atoms with Crippen LogP contribution in [-0.2, 0) is 35.1 Å². The van der Waals surface area contributed by atoms with Gasteiger partial charge in [0.2, 0.25) is 0 Å². The van der Waals surface area contributed by atoms with Gasteiger partial charge in [-0.15, -0.1) is 0 Å². The maximum Gasteiger partial charge on any atom is 0.419 e. The van der Waals surface area contributed by atoms with Gasteiger partial charge in [0.25, 0.3) is 10.1 Å². The third kappa shape index (κ3) is 8.38. The lowest BCUT2D eigenvalue weighted by Crippen LogP contribution is -2.15. The van der Waals surface area contributed by atoms with Crippen LogP contribution in [0, 0.1) is 18.8 Å². The Morgan fingerprint density at radius 2 is 1.67 bits per heavy atom. The van der Waals surface area contributed by atoms with Crippen LogP contribution < -0.4 is 0 Å². The number of nitrogens with zero attached hydrogens (tertiary/aromatic N) is 4. The second-order valence-electron chi connectivity index (χ2n) is 10.4. The maximum absolute atomic E-state index is 12.4. The molecule has 0 aliphatic rings. The van der Waals surface area contributed by atoms with Crippen LogP contribution in [0.3, 0.4) is 0 Å². The van der Waals surface area contributed by atoms with Crippen molar-refractivity contribution in [2.75, 3.05) is 39.6 Å². The van der Waals surface area contributed by atoms with E-state index in [-0.39, 0.29) is 18.1 Å². The molecule has 0 spiro atoms. The van der Waals surface area contributed by atoms with Crippen LogP contribution in [0.1, 0.15) is 36.7 Å². The average molecular weight is 645 g/mol. The van der Waals surface area contributed by atoms with Gasteiger partial charge in [-0.3, -0.25) is 4.18 Å². The highest BCUT2D eigenvalue weighted by atomic mass is 32.2. The summed E-state index contributed by atoms with van der Waals surface area (Å²) >= 11 is 0. The highest BCUT2D eigenvalue weighted by molar-refractivity contribution is 7.86. The Kier molecular flexibility index (Phi) is 11.2. The Balaban J connectivity index is 1.13. The number of para-hydroxylation sites is 2. The van der Waals surface area contributed by atoms with Crippen molar-refractivity contribution in [2.24, 2.45) is 0 Å². The number of hydrogen-bond acceptors (Lipinski definition) is 9. The molecule has 0 unspecified atom stereocenters. The molecule has 0 radical (unpaired) electrons. The number of aryl methyl sites for hydroxylation is 1. The molecular weight excluding hydrogens is 608 g/mol. The summed E-state index contributed by atoms with van der Waals surface area (Å²) in [6.45, 7) is 5.86. The van der Waals surface area contributed by atoms with Gasteiger partial charge in [-0.25, -0.2) is 19.3 Å². The van der Waals surface area contributed by atoms with Gasteiger partial charge in [0.15, 0.2) is 5.82 Å². The predicted molar refractivity (Wildman–Crippen MR) is 173 cm³/mol. The molecule has 240 valence electrons. The van der Waals surface area contributed by atoms with E-state index in [9.17, 15) is 13.2 Å². The molecule has 0 bridgehead atoms. The molecule has 0 atom stereocenters. The van der Waals surface area contributed by atoms with Crippen molar-refractivity contribution in [2.45, 2.75) is 38.1 Å². The highest BCUT2D eigenvalue weighted by Crippen LogP contribution is 2.18. The summed E-state index contributed by atoms with van der Waals surface area (Å²) in [6.07, 6.45) is 4.59. The molecular formula is C34H36N4O7S. The van der Waals surface area contributed by atoms with E-state index in [4.69, 9.17) is 23.4 Å². The Labute approximate surface area is 268 Å². The second-order valence-corrected chi connectivity index (χ2v) is 12.0. The molecule has 5 aromatic rings. The van der Waals surface area contributed by atoms with Crippen molar-refractivity contribution >= 4 is 38.3 Å². The fourth-order valence-electron chi connectivity index (χ4n) is 4.59. The number of carbonyl (C=O) groups excluding carboxylic acids is 1. The minimum Gasteiger partial charge on any atom is -0.449 e. The Bertz CT molecular complexity index is 1950. The zero-order valence-corrected chi connectivity index (χ0v) is 26.7. The van der Waals surface area contributed by atoms with Gasteiger partial charge in [0.1, 0.15) is 5.65 Å². The molecule has 0 fully saturated rings. The summed E-state index contributed by atoms with van der Waals surface area (Å²) in [5.74, 6) is 6.91. The molecule has 3 heterocycles. The Morgan fingerprint density at radius 1 is 0.913 bits per heavy atom. The van der Waals surface area contributed by atoms with Crippen molar-refractivity contribution < 1.29 is 31.6 Å². The van der Waals surface area contributed by atoms with E-state index in [1.807, 2.05) is 54.8 Å². The number of carbonyl (C=O) groups is 1. The summed E-state index contributed by atoms with van der Waals surface area (Å²) in [6, 6.07) is 18.0. The lowest BCUT2D eigenvalue weighted by molar-refractivity contribution is 0.0349. The zero-order chi connectivity index (χ0) is 32.4. The molecule has 12 heteroatoms. The standard InChI is InChI=1S/C34H36N4O7S/c1-3-4-18-44-34(39)38-16-15-28-24-27(25-35-33(28)38)11-14-32-36-30-7-5-6-8-31(30)37(32)17-19-42-20-21-43-22-23-45-46(40,41)29-12-9-26(2)10-13-29/h5-10,12-13,15-16,24-25H,3-4,17-23H2,1-2H3. The Hall–Kier alpha value is -4.54. The topological polar surface area (TPSA) is 124 Å². The molecule has 3 aromatic heterocycles. The molecule has 0 saturated carbocycles. The third-order valence-corrected chi connectivity index (χ3v) is 8.35. The number of aromatic nitrogens is 4. The van der Waals surface area contributed by atoms with Gasteiger partial charge in [-0.05, 0) is 55.7 Å². The molecule has 46 heavy (non-hydrogen) atoms. The molecule has 5 rings (SSSR count). The van der Waals surface area contributed by atoms with Gasteiger partial charge >= 0.3 is 6.09 Å². The molecule has 11 nitrogen and oxygen atoms in total. The summed E-state index contributed by atoms with van der Waals surface area (Å²) in [7, 11) is -3.82. The average Bonchev–Trinajstić information content (AvgIpc) is 3.64. The number of pyridine rings is 1. The normalized spacial score (nSPS) is 11.5. The van der Waals surface area contributed by atoms with Gasteiger partial charge in [0, 0.05) is 29.9 Å². The number of ether oxygens (including phenoxy) is 3. The van der Waals surface area contributed by atoms with E-state index in [0.717, 1.165) is 34.8 Å². The summed E-state index contributed by atoms with van der Waals surface area (Å²) in [5.41, 5.74) is 3.93. The van der Waals surface area contributed by atoms with Gasteiger partial charge in [0.05, 0.1) is 55.6 Å². The minimum absolute atomic E-state index is 0.0842. The minimum atomic E-state index is -3.82. The van der Waals surface area contributed by atoms with Crippen molar-refractivity contribution in [3.05, 3.63) is 90.0 Å². The summed E-state index contributed by atoms with van der Waals surface area (Å²) in [5, 5.41) is 0.780. The number of imidazole rings is 1. The van der Waals surface area contributed by atoms with Crippen LogP contribution in [0.4, 0.5) is 4.79 Å². The smallest absolute Gasteiger partial charge is 0.419 e. The van der Waals surface area contributed by atoms with Crippen LogP contribution in [0.15, 0.2) is 78.0 Å². The van der Waals surface area contributed by atoms with Crippen molar-refractivity contribution in [1.29, 1.82) is 0 Å². The number of fused-ring (bicyclic) bond motifs is 2. The van der Waals surface area contributed by atoms with E-state index >= 15 is 0 Å². The highest BCUT2D eigenvalue weighted by Gasteiger charge is 2.15. The predicted octanol–water partition coefficient (Wildman–Crippen LogP) is 5.32. The molecule has 0 N–H and O–H groups in total. The summed E-state index contributed by atoms with van der Waals surface area (Å²) in [4.78, 5) is 21.7. The van der Waals surface area contributed by atoms with Crippen LogP contribution in [0.5, 0.6) is 0 Å². The van der Waals surface area contributed by atoms with Gasteiger partial charge < -0.3 is 18.8 Å². The Morgan fingerprint density at radius 3 is 2.48 bits per heavy atom. The lowest BCUT2D eigenvalue weighted by atomic mass is 10.2. The SMILES string of the molecule is CCCCOC(=O)n1ccc2cc(C#Cc3nc4ccccc4n3CCOCCOCCOS(=O)(=O)c3ccc(C)cc3)cnc21. The zero-order valence-electron chi connectivity index (χ0n) is 25.8. The monoisotopic (exact) mass is 644 g/mol. The summed E-state index contributed by atoms with van der Waals surface area (Å²) < 4.78 is 49.5. The van der Waals surface area contributed by atoms with E-state index in [1.165, 1.54) is 16.7 Å². The van der Waals surface area contributed by atoms with E-state index in [1.54, 1.807) is 24.5 Å². The van der Waals surface area contributed by atoms with E-state index < -0.39 is 16.2 Å². The van der Waals surface area contributed by atoms with Crippen LogP contribution in [0.25, 0.3) is 22.1 Å².